The van der Waals surface area contributed by atoms with Gasteiger partial charge in [-0.2, -0.15) is 4.98 Å². The van der Waals surface area contributed by atoms with E-state index in [1.807, 2.05) is 6.07 Å². The number of benzene rings is 2. The molecule has 0 fully saturated rings. The van der Waals surface area contributed by atoms with Crippen molar-refractivity contribution in [3.63, 3.8) is 0 Å². The van der Waals surface area contributed by atoms with E-state index in [0.717, 1.165) is 5.56 Å². The predicted octanol–water partition coefficient (Wildman–Crippen LogP) is 1.91. The Hall–Kier alpha value is -3.75. The summed E-state index contributed by atoms with van der Waals surface area (Å²) >= 11 is 0. The van der Waals surface area contributed by atoms with Gasteiger partial charge < -0.3 is 29.2 Å². The average Bonchev–Trinajstić information content (AvgIpc) is 3.33. The van der Waals surface area contributed by atoms with Gasteiger partial charge in [0.15, 0.2) is 36.2 Å². The van der Waals surface area contributed by atoms with Gasteiger partial charge in [-0.05, 0) is 30.3 Å². The van der Waals surface area contributed by atoms with Gasteiger partial charge in [-0.15, -0.1) is 0 Å². The third kappa shape index (κ3) is 3.76. The second-order valence-electron chi connectivity index (χ2n) is 5.57. The van der Waals surface area contributed by atoms with Gasteiger partial charge in [0.25, 0.3) is 11.8 Å². The summed E-state index contributed by atoms with van der Waals surface area (Å²) in [5.41, 5.74) is 5.83. The number of primary amides is 1. The van der Waals surface area contributed by atoms with Crippen LogP contribution in [-0.2, 0) is 11.4 Å². The first-order chi connectivity index (χ1) is 13.2. The maximum absolute atomic E-state index is 10.9. The molecule has 0 bridgehead atoms. The molecule has 1 aliphatic rings. The second-order valence-corrected chi connectivity index (χ2v) is 5.57. The summed E-state index contributed by atoms with van der Waals surface area (Å²) in [7, 11) is 0. The Kier molecular flexibility index (Phi) is 4.48. The number of nitrogens with two attached hydrogens (primary N) is 1. The van der Waals surface area contributed by atoms with Gasteiger partial charge in [0.2, 0.25) is 12.6 Å². The zero-order valence-corrected chi connectivity index (χ0v) is 14.1. The molecule has 27 heavy (non-hydrogen) atoms. The molecule has 3 aromatic rings. The topological polar surface area (TPSA) is 119 Å². The van der Waals surface area contributed by atoms with Crippen LogP contribution in [0.3, 0.4) is 0 Å². The van der Waals surface area contributed by atoms with Crippen molar-refractivity contribution in [1.82, 2.24) is 10.1 Å². The van der Waals surface area contributed by atoms with Crippen molar-refractivity contribution >= 4 is 5.91 Å². The number of hydrogen-bond donors (Lipinski definition) is 1. The van der Waals surface area contributed by atoms with Crippen molar-refractivity contribution in [2.75, 3.05) is 13.4 Å². The summed E-state index contributed by atoms with van der Waals surface area (Å²) in [6.45, 7) is -0.00889. The van der Waals surface area contributed by atoms with E-state index < -0.39 is 5.91 Å². The van der Waals surface area contributed by atoms with E-state index in [9.17, 15) is 4.79 Å². The Bertz CT molecular complexity index is 971. The molecular formula is C18H15N3O6. The third-order valence-corrected chi connectivity index (χ3v) is 3.67. The standard InChI is InChI=1S/C18H15N3O6/c19-16(22)8-23-12-3-1-2-4-13(12)24-9-17-20-18(21-27-17)11-5-6-14-15(7-11)26-10-25-14/h1-7H,8-10H2,(H2,19,22). The molecule has 0 radical (unpaired) electrons. The maximum atomic E-state index is 10.9. The maximum Gasteiger partial charge on any atom is 0.264 e. The molecule has 2 heterocycles. The molecule has 9 heteroatoms. The van der Waals surface area contributed by atoms with Crippen molar-refractivity contribution in [2.24, 2.45) is 5.73 Å². The number of rotatable bonds is 7. The Labute approximate surface area is 153 Å². The zero-order chi connectivity index (χ0) is 18.6. The van der Waals surface area contributed by atoms with Crippen molar-refractivity contribution in [1.29, 1.82) is 0 Å². The Morgan fingerprint density at radius 3 is 2.67 bits per heavy atom. The van der Waals surface area contributed by atoms with Crippen LogP contribution in [0.1, 0.15) is 5.89 Å². The number of carbonyl (C=O) groups is 1. The van der Waals surface area contributed by atoms with Gasteiger partial charge in [-0.3, -0.25) is 4.79 Å². The summed E-state index contributed by atoms with van der Waals surface area (Å²) in [4.78, 5) is 15.2. The van der Waals surface area contributed by atoms with Gasteiger partial charge in [-0.25, -0.2) is 0 Å². The van der Waals surface area contributed by atoms with Gasteiger partial charge in [-0.1, -0.05) is 17.3 Å². The van der Waals surface area contributed by atoms with E-state index in [2.05, 4.69) is 10.1 Å². The van der Waals surface area contributed by atoms with Crippen LogP contribution in [0.25, 0.3) is 11.4 Å². The highest BCUT2D eigenvalue weighted by atomic mass is 16.7. The first-order valence-electron chi connectivity index (χ1n) is 8.04. The lowest BCUT2D eigenvalue weighted by molar-refractivity contribution is -0.119. The molecule has 0 spiro atoms. The molecule has 2 N–H and O–H groups in total. The summed E-state index contributed by atoms with van der Waals surface area (Å²) in [5.74, 6) is 2.26. The van der Waals surface area contributed by atoms with E-state index in [-0.39, 0.29) is 25.9 Å². The Balaban J connectivity index is 1.44. The molecule has 0 atom stereocenters. The number of hydrogen-bond acceptors (Lipinski definition) is 8. The minimum Gasteiger partial charge on any atom is -0.480 e. The minimum absolute atomic E-state index is 0.0362. The largest absolute Gasteiger partial charge is 0.480 e. The smallest absolute Gasteiger partial charge is 0.264 e. The van der Waals surface area contributed by atoms with E-state index in [4.69, 9.17) is 29.2 Å². The van der Waals surface area contributed by atoms with Gasteiger partial charge in [0.1, 0.15) is 0 Å². The Morgan fingerprint density at radius 2 is 1.85 bits per heavy atom. The van der Waals surface area contributed by atoms with Gasteiger partial charge >= 0.3 is 0 Å². The van der Waals surface area contributed by atoms with Crippen molar-refractivity contribution in [3.8, 4) is 34.4 Å². The highest BCUT2D eigenvalue weighted by molar-refractivity contribution is 5.75. The van der Waals surface area contributed by atoms with Crippen LogP contribution in [-0.4, -0.2) is 29.4 Å². The molecule has 9 nitrogen and oxygen atoms in total. The van der Waals surface area contributed by atoms with E-state index in [0.29, 0.717) is 28.8 Å². The summed E-state index contributed by atoms with van der Waals surface area (Å²) in [5, 5.41) is 3.95. The van der Waals surface area contributed by atoms with Gasteiger partial charge in [0.05, 0.1) is 0 Å². The summed E-state index contributed by atoms with van der Waals surface area (Å²) in [6.07, 6.45) is 0. The van der Waals surface area contributed by atoms with E-state index >= 15 is 0 Å². The van der Waals surface area contributed by atoms with Crippen molar-refractivity contribution < 1.29 is 28.3 Å². The van der Waals surface area contributed by atoms with Crippen LogP contribution >= 0.6 is 0 Å². The summed E-state index contributed by atoms with van der Waals surface area (Å²) in [6, 6.07) is 12.3. The lowest BCUT2D eigenvalue weighted by atomic mass is 10.2. The highest BCUT2D eigenvalue weighted by Crippen LogP contribution is 2.35. The van der Waals surface area contributed by atoms with E-state index in [1.165, 1.54) is 0 Å². The van der Waals surface area contributed by atoms with Gasteiger partial charge in [0, 0.05) is 5.56 Å². The zero-order valence-electron chi connectivity index (χ0n) is 14.1. The molecule has 1 aromatic heterocycles. The normalized spacial score (nSPS) is 12.0. The number of fused-ring (bicyclic) bond motifs is 1. The fourth-order valence-electron chi connectivity index (χ4n) is 2.44. The first-order valence-corrected chi connectivity index (χ1v) is 8.04. The number of aromatic nitrogens is 2. The number of nitrogens with zero attached hydrogens (tertiary/aromatic N) is 2. The predicted molar refractivity (Wildman–Crippen MR) is 91.3 cm³/mol. The van der Waals surface area contributed by atoms with Crippen LogP contribution in [0.2, 0.25) is 0 Å². The van der Waals surface area contributed by atoms with E-state index in [1.54, 1.807) is 36.4 Å². The number of ether oxygens (including phenoxy) is 4. The number of carbonyl (C=O) groups excluding carboxylic acids is 1. The second kappa shape index (κ2) is 7.24. The van der Waals surface area contributed by atoms with Crippen LogP contribution in [0, 0.1) is 0 Å². The molecule has 1 amide bonds. The van der Waals surface area contributed by atoms with Crippen LogP contribution in [0.4, 0.5) is 0 Å². The molecule has 0 aliphatic carbocycles. The molecule has 0 saturated heterocycles. The molecule has 138 valence electrons. The molecular weight excluding hydrogens is 354 g/mol. The molecule has 2 aromatic carbocycles. The van der Waals surface area contributed by atoms with Crippen molar-refractivity contribution in [3.05, 3.63) is 48.4 Å². The monoisotopic (exact) mass is 369 g/mol. The first kappa shape index (κ1) is 16.7. The fourth-order valence-corrected chi connectivity index (χ4v) is 2.44. The fraction of sp³-hybridized carbons (Fsp3) is 0.167. The number of amides is 1. The summed E-state index contributed by atoms with van der Waals surface area (Å²) < 4.78 is 26.8. The van der Waals surface area contributed by atoms with Crippen LogP contribution < -0.4 is 24.7 Å². The average molecular weight is 369 g/mol. The third-order valence-electron chi connectivity index (χ3n) is 3.67. The van der Waals surface area contributed by atoms with Crippen molar-refractivity contribution in [2.45, 2.75) is 6.61 Å². The molecule has 0 unspecified atom stereocenters. The van der Waals surface area contributed by atoms with Crippen LogP contribution in [0.5, 0.6) is 23.0 Å². The molecule has 0 saturated carbocycles. The number of para-hydroxylation sites is 2. The quantitative estimate of drug-likeness (QED) is 0.671. The highest BCUT2D eigenvalue weighted by Gasteiger charge is 2.17. The van der Waals surface area contributed by atoms with Crippen LogP contribution in [0.15, 0.2) is 47.0 Å². The minimum atomic E-state index is -0.574. The molecule has 1 aliphatic heterocycles. The lowest BCUT2D eigenvalue weighted by Crippen LogP contribution is -2.20. The lowest BCUT2D eigenvalue weighted by Gasteiger charge is -2.10. The molecule has 4 rings (SSSR count). The SMILES string of the molecule is NC(=O)COc1ccccc1OCc1nc(-c2ccc3c(c2)OCO3)no1. The Morgan fingerprint density at radius 1 is 1.07 bits per heavy atom.